The fraction of sp³-hybridized carbons (Fsp3) is 0.529. The van der Waals surface area contributed by atoms with Crippen molar-refractivity contribution >= 4 is 40.9 Å². The van der Waals surface area contributed by atoms with Crippen LogP contribution in [0.1, 0.15) is 26.2 Å². The molecule has 2 aliphatic heterocycles. The lowest BCUT2D eigenvalue weighted by Gasteiger charge is -2.31. The van der Waals surface area contributed by atoms with Crippen LogP contribution >= 0.6 is 23.4 Å². The third-order valence-electron chi connectivity index (χ3n) is 4.38. The predicted octanol–water partition coefficient (Wildman–Crippen LogP) is 2.74. The van der Waals surface area contributed by atoms with Gasteiger partial charge in [0.2, 0.25) is 11.8 Å². The molecule has 2 N–H and O–H groups in total. The molecule has 2 amide bonds. The first-order chi connectivity index (χ1) is 11.6. The Morgan fingerprint density at radius 3 is 3.00 bits per heavy atom. The molecule has 2 unspecified atom stereocenters. The number of hydrogen-bond acceptors (Lipinski definition) is 4. The van der Waals surface area contributed by atoms with Gasteiger partial charge in [-0.3, -0.25) is 9.59 Å². The molecule has 0 bridgehead atoms. The second-order valence-corrected chi connectivity index (χ2v) is 7.86. The zero-order valence-corrected chi connectivity index (χ0v) is 15.3. The van der Waals surface area contributed by atoms with E-state index < -0.39 is 0 Å². The zero-order chi connectivity index (χ0) is 17.1. The van der Waals surface area contributed by atoms with Gasteiger partial charge in [-0.05, 0) is 37.6 Å². The molecule has 3 rings (SSSR count). The van der Waals surface area contributed by atoms with Gasteiger partial charge in [0, 0.05) is 35.5 Å². The number of benzene rings is 1. The zero-order valence-electron chi connectivity index (χ0n) is 13.7. The molecule has 2 heterocycles. The number of halogens is 1. The van der Waals surface area contributed by atoms with E-state index in [4.69, 9.17) is 11.6 Å². The molecule has 1 aromatic rings. The fourth-order valence-electron chi connectivity index (χ4n) is 3.19. The summed E-state index contributed by atoms with van der Waals surface area (Å²) in [6, 6.07) is 5.69. The molecular formula is C17H22ClN3O2S. The summed E-state index contributed by atoms with van der Waals surface area (Å²) >= 11 is 7.41. The standard InChI is InChI=1S/C17H22ClN3O2S/c1-2-7-21(12-5-6-19-10-12)16(22)9-15-17(23)20-13-8-11(18)3-4-14(13)24-15/h3-4,8,12,15,19H,2,5-7,9-10H2,1H3,(H,20,23). The monoisotopic (exact) mass is 367 g/mol. The van der Waals surface area contributed by atoms with E-state index in [1.165, 1.54) is 11.8 Å². The van der Waals surface area contributed by atoms with E-state index in [0.717, 1.165) is 43.1 Å². The summed E-state index contributed by atoms with van der Waals surface area (Å²) in [6.07, 6.45) is 2.14. The number of anilines is 1. The Balaban J connectivity index is 1.69. The Labute approximate surface area is 151 Å². The lowest BCUT2D eigenvalue weighted by atomic mass is 10.1. The summed E-state index contributed by atoms with van der Waals surface area (Å²) in [5, 5.41) is 6.38. The Morgan fingerprint density at radius 2 is 2.29 bits per heavy atom. The van der Waals surface area contributed by atoms with Crippen LogP contribution in [0.2, 0.25) is 5.02 Å². The van der Waals surface area contributed by atoms with Gasteiger partial charge in [-0.15, -0.1) is 11.8 Å². The van der Waals surface area contributed by atoms with Gasteiger partial charge in [0.1, 0.15) is 0 Å². The first kappa shape index (κ1) is 17.6. The van der Waals surface area contributed by atoms with Crippen molar-refractivity contribution in [1.29, 1.82) is 0 Å². The molecule has 0 radical (unpaired) electrons. The molecule has 0 spiro atoms. The van der Waals surface area contributed by atoms with Crippen LogP contribution in [0.3, 0.4) is 0 Å². The Kier molecular flexibility index (Phi) is 5.69. The van der Waals surface area contributed by atoms with Crippen LogP contribution in [-0.4, -0.2) is 47.6 Å². The molecule has 7 heteroatoms. The second-order valence-electron chi connectivity index (χ2n) is 6.17. The fourth-order valence-corrected chi connectivity index (χ4v) is 4.44. The van der Waals surface area contributed by atoms with Crippen LogP contribution < -0.4 is 10.6 Å². The summed E-state index contributed by atoms with van der Waals surface area (Å²) in [6.45, 7) is 4.61. The average Bonchev–Trinajstić information content (AvgIpc) is 3.07. The molecule has 130 valence electrons. The van der Waals surface area contributed by atoms with Crippen LogP contribution in [0.5, 0.6) is 0 Å². The van der Waals surface area contributed by atoms with Gasteiger partial charge in [0.15, 0.2) is 0 Å². The minimum Gasteiger partial charge on any atom is -0.338 e. The minimum absolute atomic E-state index is 0.0654. The first-order valence-electron chi connectivity index (χ1n) is 8.35. The van der Waals surface area contributed by atoms with Crippen molar-refractivity contribution in [2.45, 2.75) is 42.4 Å². The number of carbonyl (C=O) groups is 2. The number of thioether (sulfide) groups is 1. The van der Waals surface area contributed by atoms with Gasteiger partial charge in [-0.2, -0.15) is 0 Å². The Morgan fingerprint density at radius 1 is 1.46 bits per heavy atom. The highest BCUT2D eigenvalue weighted by atomic mass is 35.5. The van der Waals surface area contributed by atoms with Gasteiger partial charge in [-0.25, -0.2) is 0 Å². The number of amides is 2. The SMILES string of the molecule is CCCN(C(=O)CC1Sc2ccc(Cl)cc2NC1=O)C1CCNC1. The van der Waals surface area contributed by atoms with E-state index in [0.29, 0.717) is 5.02 Å². The van der Waals surface area contributed by atoms with E-state index in [1.54, 1.807) is 12.1 Å². The van der Waals surface area contributed by atoms with Gasteiger partial charge in [0.25, 0.3) is 0 Å². The Hall–Kier alpha value is -1.24. The third kappa shape index (κ3) is 3.87. The average molecular weight is 368 g/mol. The molecule has 2 aliphatic rings. The van der Waals surface area contributed by atoms with Crippen molar-refractivity contribution in [2.24, 2.45) is 0 Å². The van der Waals surface area contributed by atoms with E-state index >= 15 is 0 Å². The second kappa shape index (κ2) is 7.76. The normalized spacial score (nSPS) is 22.8. The minimum atomic E-state index is -0.389. The van der Waals surface area contributed by atoms with Gasteiger partial charge < -0.3 is 15.5 Å². The molecule has 1 saturated heterocycles. The van der Waals surface area contributed by atoms with E-state index in [9.17, 15) is 9.59 Å². The largest absolute Gasteiger partial charge is 0.338 e. The lowest BCUT2D eigenvalue weighted by Crippen LogP contribution is -2.44. The van der Waals surface area contributed by atoms with E-state index in [1.807, 2.05) is 11.0 Å². The van der Waals surface area contributed by atoms with Crippen molar-refractivity contribution in [2.75, 3.05) is 25.0 Å². The van der Waals surface area contributed by atoms with Crippen LogP contribution in [0.25, 0.3) is 0 Å². The quantitative estimate of drug-likeness (QED) is 0.840. The van der Waals surface area contributed by atoms with Crippen molar-refractivity contribution in [3.05, 3.63) is 23.2 Å². The molecule has 24 heavy (non-hydrogen) atoms. The number of nitrogens with one attached hydrogen (secondary N) is 2. The maximum atomic E-state index is 12.8. The van der Waals surface area contributed by atoms with Crippen molar-refractivity contribution in [3.63, 3.8) is 0 Å². The van der Waals surface area contributed by atoms with E-state index in [2.05, 4.69) is 17.6 Å². The number of carbonyl (C=O) groups excluding carboxylic acids is 2. The Bertz CT molecular complexity index is 634. The van der Waals surface area contributed by atoms with Crippen LogP contribution in [-0.2, 0) is 9.59 Å². The highest BCUT2D eigenvalue weighted by Gasteiger charge is 2.33. The number of nitrogens with zero attached hydrogens (tertiary/aromatic N) is 1. The summed E-state index contributed by atoms with van der Waals surface area (Å²) < 4.78 is 0. The smallest absolute Gasteiger partial charge is 0.238 e. The van der Waals surface area contributed by atoms with Crippen molar-refractivity contribution < 1.29 is 9.59 Å². The maximum absolute atomic E-state index is 12.8. The van der Waals surface area contributed by atoms with Gasteiger partial charge in [-0.1, -0.05) is 18.5 Å². The summed E-state index contributed by atoms with van der Waals surface area (Å²) in [7, 11) is 0. The van der Waals surface area contributed by atoms with Crippen LogP contribution in [0.15, 0.2) is 23.1 Å². The van der Waals surface area contributed by atoms with Crippen LogP contribution in [0, 0.1) is 0 Å². The highest BCUT2D eigenvalue weighted by molar-refractivity contribution is 8.01. The van der Waals surface area contributed by atoms with Gasteiger partial charge >= 0.3 is 0 Å². The molecule has 0 aromatic heterocycles. The number of hydrogen-bond donors (Lipinski definition) is 2. The number of rotatable bonds is 5. The van der Waals surface area contributed by atoms with Crippen LogP contribution in [0.4, 0.5) is 5.69 Å². The first-order valence-corrected chi connectivity index (χ1v) is 9.61. The molecule has 1 aromatic carbocycles. The summed E-state index contributed by atoms with van der Waals surface area (Å²) in [5.74, 6) is -0.0558. The van der Waals surface area contributed by atoms with Gasteiger partial charge in [0.05, 0.1) is 10.9 Å². The van der Waals surface area contributed by atoms with E-state index in [-0.39, 0.29) is 29.5 Å². The topological polar surface area (TPSA) is 61.4 Å². The third-order valence-corrected chi connectivity index (χ3v) is 5.89. The molecule has 2 atom stereocenters. The number of fused-ring (bicyclic) bond motifs is 1. The molecule has 1 fully saturated rings. The summed E-state index contributed by atoms with van der Waals surface area (Å²) in [5.41, 5.74) is 0.728. The summed E-state index contributed by atoms with van der Waals surface area (Å²) in [4.78, 5) is 28.0. The molecular weight excluding hydrogens is 346 g/mol. The van der Waals surface area contributed by atoms with Crippen molar-refractivity contribution in [3.8, 4) is 0 Å². The maximum Gasteiger partial charge on any atom is 0.238 e. The molecule has 0 saturated carbocycles. The predicted molar refractivity (Wildman–Crippen MR) is 97.6 cm³/mol. The molecule has 0 aliphatic carbocycles. The lowest BCUT2D eigenvalue weighted by molar-refractivity contribution is -0.134. The molecule has 5 nitrogen and oxygen atoms in total. The highest BCUT2D eigenvalue weighted by Crippen LogP contribution is 2.38. The van der Waals surface area contributed by atoms with Crippen molar-refractivity contribution in [1.82, 2.24) is 10.2 Å².